The van der Waals surface area contributed by atoms with E-state index in [0.717, 1.165) is 9.87 Å². The van der Waals surface area contributed by atoms with Crippen LogP contribution in [-0.4, -0.2) is 41.8 Å². The molecule has 2 aromatic carbocycles. The van der Waals surface area contributed by atoms with Gasteiger partial charge in [0.25, 0.3) is 21.1 Å². The average molecular weight is 447 g/mol. The van der Waals surface area contributed by atoms with Gasteiger partial charge in [-0.15, -0.1) is 0 Å². The molecule has 1 aliphatic rings. The molecule has 0 saturated heterocycles. The second-order valence-electron chi connectivity index (χ2n) is 7.38. The van der Waals surface area contributed by atoms with Crippen LogP contribution in [-0.2, 0) is 16.6 Å². The van der Waals surface area contributed by atoms with Crippen molar-refractivity contribution >= 4 is 33.3 Å². The summed E-state index contributed by atoms with van der Waals surface area (Å²) in [6.45, 7) is 9.11. The van der Waals surface area contributed by atoms with E-state index in [4.69, 9.17) is 17.0 Å². The number of hydrogen-bond donors (Lipinski definition) is 0. The SMILES string of the molecule is CCN(CC)C(=S)Oc1cc(C(C)C)c2c(c1)S(=O)(=O)N(Cc1ccccc1)C2=O. The molecule has 0 unspecified atom stereocenters. The van der Waals surface area contributed by atoms with Crippen LogP contribution in [0, 0.1) is 0 Å². The van der Waals surface area contributed by atoms with Crippen LogP contribution in [0.5, 0.6) is 5.75 Å². The summed E-state index contributed by atoms with van der Waals surface area (Å²) < 4.78 is 33.3. The number of amides is 1. The molecule has 0 spiro atoms. The van der Waals surface area contributed by atoms with Gasteiger partial charge in [-0.1, -0.05) is 44.2 Å². The quantitative estimate of drug-likeness (QED) is 0.621. The van der Waals surface area contributed by atoms with Crippen LogP contribution in [0.2, 0.25) is 0 Å². The van der Waals surface area contributed by atoms with E-state index in [0.29, 0.717) is 24.4 Å². The Morgan fingerprint density at radius 2 is 1.77 bits per heavy atom. The zero-order valence-corrected chi connectivity index (χ0v) is 19.2. The molecule has 0 bridgehead atoms. The molecule has 1 heterocycles. The van der Waals surface area contributed by atoms with Gasteiger partial charge in [0.2, 0.25) is 0 Å². The number of sulfonamides is 1. The summed E-state index contributed by atoms with van der Waals surface area (Å²) in [6, 6.07) is 12.2. The Morgan fingerprint density at radius 1 is 1.13 bits per heavy atom. The molecule has 0 atom stereocenters. The summed E-state index contributed by atoms with van der Waals surface area (Å²) in [5, 5.41) is 0.275. The lowest BCUT2D eigenvalue weighted by atomic mass is 9.96. The van der Waals surface area contributed by atoms with Gasteiger partial charge in [0.1, 0.15) is 10.6 Å². The monoisotopic (exact) mass is 446 g/mol. The number of rotatable bonds is 6. The molecular formula is C22H26N2O4S2. The number of thiocarbonyl (C=S) groups is 1. The van der Waals surface area contributed by atoms with Gasteiger partial charge in [-0.2, -0.15) is 0 Å². The van der Waals surface area contributed by atoms with Crippen LogP contribution in [0.1, 0.15) is 55.1 Å². The Morgan fingerprint density at radius 3 is 2.33 bits per heavy atom. The maximum Gasteiger partial charge on any atom is 0.269 e. The van der Waals surface area contributed by atoms with Crippen molar-refractivity contribution in [2.45, 2.75) is 45.1 Å². The molecule has 0 saturated carbocycles. The first-order valence-electron chi connectivity index (χ1n) is 9.96. The number of ether oxygens (including phenoxy) is 1. The van der Waals surface area contributed by atoms with Gasteiger partial charge in [-0.05, 0) is 49.2 Å². The molecule has 3 rings (SSSR count). The van der Waals surface area contributed by atoms with E-state index in [1.165, 1.54) is 6.07 Å². The molecule has 1 amide bonds. The van der Waals surface area contributed by atoms with E-state index in [2.05, 4.69) is 0 Å². The summed E-state index contributed by atoms with van der Waals surface area (Å²) in [6.07, 6.45) is 0. The summed E-state index contributed by atoms with van der Waals surface area (Å²) in [5.74, 6) is -0.247. The highest BCUT2D eigenvalue weighted by molar-refractivity contribution is 7.90. The van der Waals surface area contributed by atoms with E-state index in [1.807, 2.05) is 50.8 Å². The second-order valence-corrected chi connectivity index (χ2v) is 9.56. The van der Waals surface area contributed by atoms with Gasteiger partial charge in [-0.25, -0.2) is 12.7 Å². The number of hydrogen-bond acceptors (Lipinski definition) is 5. The molecule has 0 aromatic heterocycles. The summed E-state index contributed by atoms with van der Waals surface area (Å²) in [7, 11) is -3.99. The van der Waals surface area contributed by atoms with Crippen molar-refractivity contribution in [1.29, 1.82) is 0 Å². The van der Waals surface area contributed by atoms with Crippen LogP contribution < -0.4 is 4.74 Å². The Hall–Kier alpha value is -2.45. The maximum absolute atomic E-state index is 13.3. The fourth-order valence-corrected chi connectivity index (χ4v) is 5.41. The van der Waals surface area contributed by atoms with Crippen molar-refractivity contribution in [1.82, 2.24) is 9.21 Å². The summed E-state index contributed by atoms with van der Waals surface area (Å²) >= 11 is 5.36. The van der Waals surface area contributed by atoms with Gasteiger partial charge >= 0.3 is 0 Å². The minimum absolute atomic E-state index is 0.0116. The zero-order chi connectivity index (χ0) is 22.1. The van der Waals surface area contributed by atoms with E-state index < -0.39 is 15.9 Å². The van der Waals surface area contributed by atoms with Gasteiger partial charge < -0.3 is 9.64 Å². The largest absolute Gasteiger partial charge is 0.432 e. The van der Waals surface area contributed by atoms with Crippen molar-refractivity contribution < 1.29 is 17.9 Å². The third-order valence-electron chi connectivity index (χ3n) is 5.13. The van der Waals surface area contributed by atoms with Crippen molar-refractivity contribution in [3.8, 4) is 5.75 Å². The number of carbonyl (C=O) groups excluding carboxylic acids is 1. The molecule has 2 aromatic rings. The highest BCUT2D eigenvalue weighted by atomic mass is 32.2. The zero-order valence-electron chi connectivity index (χ0n) is 17.6. The molecular weight excluding hydrogens is 420 g/mol. The van der Waals surface area contributed by atoms with E-state index in [9.17, 15) is 13.2 Å². The molecule has 30 heavy (non-hydrogen) atoms. The average Bonchev–Trinajstić information content (AvgIpc) is 2.90. The van der Waals surface area contributed by atoms with Crippen LogP contribution in [0.3, 0.4) is 0 Å². The van der Waals surface area contributed by atoms with E-state index in [-0.39, 0.29) is 28.1 Å². The third-order valence-corrected chi connectivity index (χ3v) is 7.23. The lowest BCUT2D eigenvalue weighted by molar-refractivity contribution is 0.0863. The van der Waals surface area contributed by atoms with Crippen LogP contribution in [0.4, 0.5) is 0 Å². The molecule has 0 fully saturated rings. The molecule has 6 nitrogen and oxygen atoms in total. The lowest BCUT2D eigenvalue weighted by Crippen LogP contribution is -2.32. The van der Waals surface area contributed by atoms with Gasteiger partial charge in [0, 0.05) is 19.2 Å². The third kappa shape index (κ3) is 4.06. The van der Waals surface area contributed by atoms with E-state index >= 15 is 0 Å². The van der Waals surface area contributed by atoms with Crippen molar-refractivity contribution in [3.63, 3.8) is 0 Å². The Bertz CT molecular complexity index is 1060. The number of nitrogens with zero attached hydrogens (tertiary/aromatic N) is 2. The first kappa shape index (κ1) is 22.2. The smallest absolute Gasteiger partial charge is 0.269 e. The first-order chi connectivity index (χ1) is 14.2. The molecule has 0 N–H and O–H groups in total. The molecule has 160 valence electrons. The molecule has 0 radical (unpaired) electrons. The van der Waals surface area contributed by atoms with Crippen LogP contribution in [0.25, 0.3) is 0 Å². The van der Waals surface area contributed by atoms with Gasteiger partial charge in [0.05, 0.1) is 12.1 Å². The molecule has 8 heteroatoms. The lowest BCUT2D eigenvalue weighted by Gasteiger charge is -2.22. The summed E-state index contributed by atoms with van der Waals surface area (Å²) in [5.41, 5.74) is 1.60. The highest BCUT2D eigenvalue weighted by Gasteiger charge is 2.43. The highest BCUT2D eigenvalue weighted by Crippen LogP contribution is 2.39. The number of benzene rings is 2. The van der Waals surface area contributed by atoms with Crippen molar-refractivity contribution in [3.05, 3.63) is 59.2 Å². The molecule has 1 aliphatic heterocycles. The normalized spacial score (nSPS) is 14.7. The molecule has 0 aliphatic carbocycles. The van der Waals surface area contributed by atoms with Crippen LogP contribution in [0.15, 0.2) is 47.4 Å². The number of carbonyl (C=O) groups is 1. The van der Waals surface area contributed by atoms with Crippen LogP contribution >= 0.6 is 12.2 Å². The predicted octanol–water partition coefficient (Wildman–Crippen LogP) is 4.16. The van der Waals surface area contributed by atoms with E-state index in [1.54, 1.807) is 18.2 Å². The Balaban J connectivity index is 2.05. The van der Waals surface area contributed by atoms with Crippen molar-refractivity contribution in [2.75, 3.05) is 13.1 Å². The first-order valence-corrected chi connectivity index (χ1v) is 11.8. The fraction of sp³-hybridized carbons (Fsp3) is 0.364. The fourth-order valence-electron chi connectivity index (χ4n) is 3.46. The summed E-state index contributed by atoms with van der Waals surface area (Å²) in [4.78, 5) is 15.0. The maximum atomic E-state index is 13.3. The number of fused-ring (bicyclic) bond motifs is 1. The minimum atomic E-state index is -3.99. The van der Waals surface area contributed by atoms with Crippen molar-refractivity contribution in [2.24, 2.45) is 0 Å². The Labute approximate surface area is 183 Å². The van der Waals surface area contributed by atoms with Gasteiger partial charge in [0.15, 0.2) is 0 Å². The predicted molar refractivity (Wildman–Crippen MR) is 120 cm³/mol. The standard InChI is InChI=1S/C22H26N2O4S2/c1-5-23(6-2)22(29)28-17-12-18(15(3)4)20-19(13-17)30(26,27)24(21(20)25)14-16-10-8-7-9-11-16/h7-13,15H,5-6,14H2,1-4H3. The van der Waals surface area contributed by atoms with Gasteiger partial charge in [-0.3, -0.25) is 4.79 Å². The second kappa shape index (κ2) is 8.73. The topological polar surface area (TPSA) is 66.9 Å². The Kier molecular flexibility index (Phi) is 6.47. The minimum Gasteiger partial charge on any atom is -0.432 e.